The predicted octanol–water partition coefficient (Wildman–Crippen LogP) is 3.68. The Balaban J connectivity index is 1.60. The van der Waals surface area contributed by atoms with E-state index >= 15 is 0 Å². The summed E-state index contributed by atoms with van der Waals surface area (Å²) in [6, 6.07) is 13.1. The van der Waals surface area contributed by atoms with E-state index in [-0.39, 0.29) is 5.91 Å². The first-order valence-corrected chi connectivity index (χ1v) is 11.3. The van der Waals surface area contributed by atoms with Crippen LogP contribution in [0.4, 0.5) is 5.13 Å². The molecule has 0 unspecified atom stereocenters. The van der Waals surface area contributed by atoms with Crippen molar-refractivity contribution in [2.75, 3.05) is 58.0 Å². The highest BCUT2D eigenvalue weighted by atomic mass is 32.1. The number of methoxy groups -OCH3 is 1. The number of hydrogen-bond donors (Lipinski definition) is 0. The first-order chi connectivity index (χ1) is 15.2. The summed E-state index contributed by atoms with van der Waals surface area (Å²) >= 11 is 1.50. The first-order valence-electron chi connectivity index (χ1n) is 10.5. The molecule has 0 radical (unpaired) electrons. The molecule has 7 nitrogen and oxygen atoms in total. The molecule has 0 N–H and O–H groups in total. The number of thiazole rings is 1. The quantitative estimate of drug-likeness (QED) is 0.531. The number of ether oxygens (including phenoxy) is 3. The smallest absolute Gasteiger partial charge is 0.260 e. The number of morpholine rings is 1. The van der Waals surface area contributed by atoms with E-state index in [1.807, 2.05) is 49.4 Å². The van der Waals surface area contributed by atoms with E-state index < -0.39 is 0 Å². The van der Waals surface area contributed by atoms with Gasteiger partial charge in [0.05, 0.1) is 37.1 Å². The highest BCUT2D eigenvalue weighted by Gasteiger charge is 2.23. The lowest BCUT2D eigenvalue weighted by Crippen LogP contribution is -2.43. The number of amides is 1. The molecule has 164 valence electrons. The second-order valence-corrected chi connectivity index (χ2v) is 8.21. The highest BCUT2D eigenvalue weighted by Crippen LogP contribution is 2.32. The van der Waals surface area contributed by atoms with Gasteiger partial charge in [-0.2, -0.15) is 0 Å². The van der Waals surface area contributed by atoms with Gasteiger partial charge in [0.1, 0.15) is 11.5 Å². The van der Waals surface area contributed by atoms with E-state index in [1.165, 1.54) is 11.3 Å². The summed E-state index contributed by atoms with van der Waals surface area (Å²) in [5, 5.41) is 0.690. The number of hydrogen-bond acceptors (Lipinski definition) is 7. The molecule has 31 heavy (non-hydrogen) atoms. The van der Waals surface area contributed by atoms with Crippen LogP contribution in [0, 0.1) is 0 Å². The molecule has 2 heterocycles. The van der Waals surface area contributed by atoms with Crippen molar-refractivity contribution in [3.63, 3.8) is 0 Å². The third-order valence-corrected chi connectivity index (χ3v) is 6.26. The Morgan fingerprint density at radius 2 is 1.90 bits per heavy atom. The van der Waals surface area contributed by atoms with Crippen LogP contribution in [0.5, 0.6) is 11.5 Å². The molecular formula is C23H27N3O4S. The molecule has 1 aromatic heterocycles. The summed E-state index contributed by atoms with van der Waals surface area (Å²) in [6.07, 6.45) is 0. The third kappa shape index (κ3) is 5.15. The monoisotopic (exact) mass is 441 g/mol. The van der Waals surface area contributed by atoms with Gasteiger partial charge < -0.3 is 14.2 Å². The Labute approximate surface area is 186 Å². The fourth-order valence-corrected chi connectivity index (χ4v) is 4.52. The van der Waals surface area contributed by atoms with Gasteiger partial charge in [-0.3, -0.25) is 14.6 Å². The zero-order chi connectivity index (χ0) is 21.6. The van der Waals surface area contributed by atoms with Gasteiger partial charge in [-0.25, -0.2) is 4.98 Å². The van der Waals surface area contributed by atoms with Crippen LogP contribution in [0.1, 0.15) is 17.3 Å². The molecule has 0 atom stereocenters. The van der Waals surface area contributed by atoms with E-state index in [0.717, 1.165) is 54.6 Å². The Kier molecular flexibility index (Phi) is 7.01. The minimum absolute atomic E-state index is 0.0673. The number of anilines is 1. The predicted molar refractivity (Wildman–Crippen MR) is 123 cm³/mol. The van der Waals surface area contributed by atoms with Crippen molar-refractivity contribution >= 4 is 32.6 Å². The maximum atomic E-state index is 13.5. The maximum absolute atomic E-state index is 13.5. The topological polar surface area (TPSA) is 64.1 Å². The van der Waals surface area contributed by atoms with E-state index in [4.69, 9.17) is 19.2 Å². The SMILES string of the molecule is CCOc1ccc(C(=O)N(CCN2CCOCC2)c2nc3ccc(OC)cc3s2)cc1. The van der Waals surface area contributed by atoms with Crippen molar-refractivity contribution in [1.29, 1.82) is 0 Å². The number of carbonyl (C=O) groups is 1. The largest absolute Gasteiger partial charge is 0.497 e. The second kappa shape index (κ2) is 10.1. The van der Waals surface area contributed by atoms with Crippen molar-refractivity contribution in [1.82, 2.24) is 9.88 Å². The number of rotatable bonds is 8. The van der Waals surface area contributed by atoms with Crippen LogP contribution in [-0.4, -0.2) is 68.9 Å². The minimum atomic E-state index is -0.0673. The van der Waals surface area contributed by atoms with Crippen molar-refractivity contribution in [3.05, 3.63) is 48.0 Å². The lowest BCUT2D eigenvalue weighted by atomic mass is 10.2. The molecule has 1 aliphatic rings. The minimum Gasteiger partial charge on any atom is -0.497 e. The van der Waals surface area contributed by atoms with Gasteiger partial charge >= 0.3 is 0 Å². The fraction of sp³-hybridized carbons (Fsp3) is 0.391. The molecule has 8 heteroatoms. The maximum Gasteiger partial charge on any atom is 0.260 e. The molecule has 1 fully saturated rings. The lowest BCUT2D eigenvalue weighted by molar-refractivity contribution is 0.0391. The second-order valence-electron chi connectivity index (χ2n) is 7.20. The molecule has 3 aromatic rings. The number of fused-ring (bicyclic) bond motifs is 1. The van der Waals surface area contributed by atoms with Crippen LogP contribution in [0.3, 0.4) is 0 Å². The summed E-state index contributed by atoms with van der Waals surface area (Å²) in [5.41, 5.74) is 1.47. The Hall–Kier alpha value is -2.68. The van der Waals surface area contributed by atoms with Crippen LogP contribution >= 0.6 is 11.3 Å². The van der Waals surface area contributed by atoms with Crippen LogP contribution in [0.2, 0.25) is 0 Å². The van der Waals surface area contributed by atoms with Crippen molar-refractivity contribution < 1.29 is 19.0 Å². The normalized spacial score (nSPS) is 14.5. The van der Waals surface area contributed by atoms with Gasteiger partial charge in [0.2, 0.25) is 0 Å². The Bertz CT molecular complexity index is 1020. The van der Waals surface area contributed by atoms with Gasteiger partial charge in [0.15, 0.2) is 5.13 Å². The number of aromatic nitrogens is 1. The molecule has 0 bridgehead atoms. The van der Waals surface area contributed by atoms with Crippen LogP contribution in [0.15, 0.2) is 42.5 Å². The molecule has 4 rings (SSSR count). The summed E-state index contributed by atoms with van der Waals surface area (Å²) < 4.78 is 17.3. The average Bonchev–Trinajstić information content (AvgIpc) is 3.23. The molecule has 0 aliphatic carbocycles. The molecule has 1 amide bonds. The van der Waals surface area contributed by atoms with Crippen LogP contribution in [0.25, 0.3) is 10.2 Å². The average molecular weight is 442 g/mol. The van der Waals surface area contributed by atoms with Crippen molar-refractivity contribution in [2.24, 2.45) is 0 Å². The standard InChI is InChI=1S/C23H27N3O4S/c1-3-30-18-6-4-17(5-7-18)22(27)26(11-10-25-12-14-29-15-13-25)23-24-20-9-8-19(28-2)16-21(20)31-23/h4-9,16H,3,10-15H2,1-2H3. The summed E-state index contributed by atoms with van der Waals surface area (Å²) in [6.45, 7) is 7.07. The molecule has 1 aliphatic heterocycles. The first kappa shape index (κ1) is 21.5. The lowest BCUT2D eigenvalue weighted by Gasteiger charge is -2.29. The molecule has 0 saturated carbocycles. The van der Waals surface area contributed by atoms with Gasteiger partial charge in [-0.15, -0.1) is 0 Å². The molecular weight excluding hydrogens is 414 g/mol. The van der Waals surface area contributed by atoms with Crippen molar-refractivity contribution in [2.45, 2.75) is 6.92 Å². The summed E-state index contributed by atoms with van der Waals surface area (Å²) in [7, 11) is 1.65. The summed E-state index contributed by atoms with van der Waals surface area (Å²) in [5.74, 6) is 1.47. The molecule has 2 aromatic carbocycles. The zero-order valence-corrected chi connectivity index (χ0v) is 18.7. The van der Waals surface area contributed by atoms with E-state index in [2.05, 4.69) is 4.90 Å². The fourth-order valence-electron chi connectivity index (χ4n) is 3.50. The van der Waals surface area contributed by atoms with E-state index in [1.54, 1.807) is 12.0 Å². The zero-order valence-electron chi connectivity index (χ0n) is 17.9. The van der Waals surface area contributed by atoms with Gasteiger partial charge in [0.25, 0.3) is 5.91 Å². The third-order valence-electron chi connectivity index (χ3n) is 5.22. The van der Waals surface area contributed by atoms with Gasteiger partial charge in [-0.05, 0) is 49.4 Å². The summed E-state index contributed by atoms with van der Waals surface area (Å²) in [4.78, 5) is 22.3. The van der Waals surface area contributed by atoms with E-state index in [0.29, 0.717) is 23.8 Å². The van der Waals surface area contributed by atoms with Gasteiger partial charge in [0, 0.05) is 31.7 Å². The number of nitrogens with zero attached hydrogens (tertiary/aromatic N) is 3. The van der Waals surface area contributed by atoms with Crippen molar-refractivity contribution in [3.8, 4) is 11.5 Å². The number of benzene rings is 2. The highest BCUT2D eigenvalue weighted by molar-refractivity contribution is 7.22. The van der Waals surface area contributed by atoms with E-state index in [9.17, 15) is 4.79 Å². The molecule has 0 spiro atoms. The number of carbonyl (C=O) groups excluding carboxylic acids is 1. The Morgan fingerprint density at radius 1 is 1.16 bits per heavy atom. The molecule has 1 saturated heterocycles. The van der Waals surface area contributed by atoms with Gasteiger partial charge in [-0.1, -0.05) is 11.3 Å². The van der Waals surface area contributed by atoms with Crippen LogP contribution < -0.4 is 14.4 Å². The van der Waals surface area contributed by atoms with Crippen LogP contribution in [-0.2, 0) is 4.74 Å². The Morgan fingerprint density at radius 3 is 2.61 bits per heavy atom.